The fourth-order valence-corrected chi connectivity index (χ4v) is 2.66. The minimum atomic E-state index is -0.0257. The second kappa shape index (κ2) is 5.79. The van der Waals surface area contributed by atoms with E-state index in [4.69, 9.17) is 0 Å². The number of nitrogens with zero attached hydrogens (tertiary/aromatic N) is 2. The monoisotopic (exact) mass is 280 g/mol. The fraction of sp³-hybridized carbons (Fsp3) is 0.176. The summed E-state index contributed by atoms with van der Waals surface area (Å²) in [6, 6.07) is 16.8. The molecule has 0 radical (unpaired) electrons. The number of oxime groups is 1. The predicted molar refractivity (Wildman–Crippen MR) is 82.1 cm³/mol. The molecule has 1 aliphatic rings. The van der Waals surface area contributed by atoms with Gasteiger partial charge in [-0.15, -0.1) is 0 Å². The summed E-state index contributed by atoms with van der Waals surface area (Å²) in [5, 5.41) is 12.6. The Morgan fingerprint density at radius 2 is 1.76 bits per heavy atom. The maximum absolute atomic E-state index is 12.7. The molecule has 0 unspecified atom stereocenters. The van der Waals surface area contributed by atoms with Crippen LogP contribution in [0.3, 0.4) is 0 Å². The zero-order chi connectivity index (χ0) is 14.7. The van der Waals surface area contributed by atoms with E-state index in [1.165, 1.54) is 0 Å². The molecule has 0 spiro atoms. The van der Waals surface area contributed by atoms with Crippen molar-refractivity contribution in [2.45, 2.75) is 12.8 Å². The molecule has 1 heterocycles. The Bertz CT molecular complexity index is 680. The summed E-state index contributed by atoms with van der Waals surface area (Å²) in [6.07, 6.45) is 1.43. The highest BCUT2D eigenvalue weighted by Crippen LogP contribution is 2.27. The van der Waals surface area contributed by atoms with E-state index in [-0.39, 0.29) is 5.91 Å². The number of para-hydroxylation sites is 1. The van der Waals surface area contributed by atoms with E-state index in [0.29, 0.717) is 24.2 Å². The van der Waals surface area contributed by atoms with Crippen molar-refractivity contribution >= 4 is 17.3 Å². The Morgan fingerprint density at radius 3 is 2.52 bits per heavy atom. The van der Waals surface area contributed by atoms with Crippen LogP contribution in [0.4, 0.5) is 5.69 Å². The largest absolute Gasteiger partial charge is 0.411 e. The Kier molecular flexibility index (Phi) is 3.69. The highest BCUT2D eigenvalue weighted by atomic mass is 16.4. The summed E-state index contributed by atoms with van der Waals surface area (Å²) >= 11 is 0. The number of fused-ring (bicyclic) bond motifs is 1. The van der Waals surface area contributed by atoms with Gasteiger partial charge in [-0.3, -0.25) is 4.79 Å². The molecule has 1 amide bonds. The zero-order valence-electron chi connectivity index (χ0n) is 11.6. The van der Waals surface area contributed by atoms with Gasteiger partial charge in [-0.2, -0.15) is 0 Å². The third-order valence-corrected chi connectivity index (χ3v) is 3.69. The van der Waals surface area contributed by atoms with Gasteiger partial charge in [0, 0.05) is 17.7 Å². The number of carbonyl (C=O) groups is 1. The van der Waals surface area contributed by atoms with Crippen molar-refractivity contribution in [3.8, 4) is 0 Å². The van der Waals surface area contributed by atoms with Crippen LogP contribution in [0, 0.1) is 0 Å². The van der Waals surface area contributed by atoms with Gasteiger partial charge in [0.1, 0.15) is 0 Å². The van der Waals surface area contributed by atoms with Gasteiger partial charge < -0.3 is 10.1 Å². The summed E-state index contributed by atoms with van der Waals surface area (Å²) in [4.78, 5) is 14.5. The van der Waals surface area contributed by atoms with Crippen LogP contribution in [-0.2, 0) is 0 Å². The number of amides is 1. The van der Waals surface area contributed by atoms with E-state index in [9.17, 15) is 10.0 Å². The Labute approximate surface area is 123 Å². The number of hydrogen-bond acceptors (Lipinski definition) is 3. The molecule has 0 atom stereocenters. The Morgan fingerprint density at radius 1 is 1.05 bits per heavy atom. The first-order valence-electron chi connectivity index (χ1n) is 6.98. The summed E-state index contributed by atoms with van der Waals surface area (Å²) in [7, 11) is 0. The summed E-state index contributed by atoms with van der Waals surface area (Å²) in [5.74, 6) is -0.0257. The molecule has 3 rings (SSSR count). The molecule has 21 heavy (non-hydrogen) atoms. The van der Waals surface area contributed by atoms with Crippen LogP contribution in [0.25, 0.3) is 0 Å². The molecule has 106 valence electrons. The molecule has 0 fully saturated rings. The molecule has 2 aromatic carbocycles. The van der Waals surface area contributed by atoms with Crippen LogP contribution < -0.4 is 4.90 Å². The van der Waals surface area contributed by atoms with Gasteiger partial charge in [0.15, 0.2) is 0 Å². The van der Waals surface area contributed by atoms with Crippen molar-refractivity contribution in [1.82, 2.24) is 0 Å². The minimum absolute atomic E-state index is 0.0257. The smallest absolute Gasteiger partial charge is 0.258 e. The van der Waals surface area contributed by atoms with Crippen LogP contribution in [0.1, 0.15) is 28.8 Å². The van der Waals surface area contributed by atoms with Crippen LogP contribution in [0.5, 0.6) is 0 Å². The van der Waals surface area contributed by atoms with Gasteiger partial charge in [0.2, 0.25) is 0 Å². The first-order chi connectivity index (χ1) is 10.3. The average Bonchev–Trinajstić information content (AvgIpc) is 2.74. The van der Waals surface area contributed by atoms with Crippen LogP contribution in [-0.4, -0.2) is 23.4 Å². The number of anilines is 1. The second-order valence-corrected chi connectivity index (χ2v) is 4.99. The topological polar surface area (TPSA) is 52.9 Å². The molecule has 1 aliphatic heterocycles. The van der Waals surface area contributed by atoms with Crippen LogP contribution in [0.15, 0.2) is 59.8 Å². The lowest BCUT2D eigenvalue weighted by atomic mass is 10.1. The van der Waals surface area contributed by atoms with Crippen molar-refractivity contribution in [3.05, 3.63) is 65.7 Å². The van der Waals surface area contributed by atoms with Gasteiger partial charge in [-0.05, 0) is 31.0 Å². The quantitative estimate of drug-likeness (QED) is 0.643. The van der Waals surface area contributed by atoms with E-state index in [0.717, 1.165) is 17.7 Å². The van der Waals surface area contributed by atoms with Crippen molar-refractivity contribution in [2.24, 2.45) is 5.16 Å². The van der Waals surface area contributed by atoms with E-state index in [1.54, 1.807) is 4.90 Å². The Balaban J connectivity index is 2.05. The molecule has 0 aliphatic carbocycles. The van der Waals surface area contributed by atoms with Crippen molar-refractivity contribution < 1.29 is 10.0 Å². The first-order valence-corrected chi connectivity index (χ1v) is 6.98. The minimum Gasteiger partial charge on any atom is -0.411 e. The summed E-state index contributed by atoms with van der Waals surface area (Å²) in [5.41, 5.74) is 2.92. The molecule has 1 N–H and O–H groups in total. The lowest BCUT2D eigenvalue weighted by Crippen LogP contribution is -2.31. The van der Waals surface area contributed by atoms with Gasteiger partial charge in [-0.25, -0.2) is 0 Å². The molecule has 0 saturated heterocycles. The maximum Gasteiger partial charge on any atom is 0.258 e. The molecule has 0 aromatic heterocycles. The van der Waals surface area contributed by atoms with Gasteiger partial charge in [0.25, 0.3) is 5.91 Å². The van der Waals surface area contributed by atoms with Crippen molar-refractivity contribution in [2.75, 3.05) is 11.4 Å². The highest BCUT2D eigenvalue weighted by Gasteiger charge is 2.24. The second-order valence-electron chi connectivity index (χ2n) is 4.99. The van der Waals surface area contributed by atoms with Crippen LogP contribution >= 0.6 is 0 Å². The normalized spacial score (nSPS) is 16.4. The van der Waals surface area contributed by atoms with Crippen molar-refractivity contribution in [1.29, 1.82) is 0 Å². The summed E-state index contributed by atoms with van der Waals surface area (Å²) < 4.78 is 0. The molecule has 0 bridgehead atoms. The number of carbonyl (C=O) groups excluding carboxylic acids is 1. The number of benzene rings is 2. The first kappa shape index (κ1) is 13.4. The SMILES string of the molecule is O=C(c1ccccc1)N1CCC/C(=N/O)c2ccccc21. The molecule has 4 nitrogen and oxygen atoms in total. The number of rotatable bonds is 1. The lowest BCUT2D eigenvalue weighted by Gasteiger charge is -2.22. The molecular formula is C17H16N2O2. The van der Waals surface area contributed by atoms with E-state index < -0.39 is 0 Å². The van der Waals surface area contributed by atoms with E-state index in [1.807, 2.05) is 54.6 Å². The third-order valence-electron chi connectivity index (χ3n) is 3.69. The van der Waals surface area contributed by atoms with Gasteiger partial charge in [0.05, 0.1) is 11.4 Å². The third kappa shape index (κ3) is 2.52. The average molecular weight is 280 g/mol. The lowest BCUT2D eigenvalue weighted by molar-refractivity contribution is 0.0987. The van der Waals surface area contributed by atoms with Crippen molar-refractivity contribution in [3.63, 3.8) is 0 Å². The molecular weight excluding hydrogens is 264 g/mol. The van der Waals surface area contributed by atoms with E-state index in [2.05, 4.69) is 5.16 Å². The number of hydrogen-bond donors (Lipinski definition) is 1. The standard InChI is InChI=1S/C17H16N2O2/c20-17(13-7-2-1-3-8-13)19-12-6-10-15(18-21)14-9-4-5-11-16(14)19/h1-5,7-9,11,21H,6,10,12H2/b18-15-. The summed E-state index contributed by atoms with van der Waals surface area (Å²) in [6.45, 7) is 0.615. The van der Waals surface area contributed by atoms with Crippen LogP contribution in [0.2, 0.25) is 0 Å². The maximum atomic E-state index is 12.7. The van der Waals surface area contributed by atoms with E-state index >= 15 is 0 Å². The fourth-order valence-electron chi connectivity index (χ4n) is 2.66. The molecule has 2 aromatic rings. The Hall–Kier alpha value is -2.62. The predicted octanol–water partition coefficient (Wildman–Crippen LogP) is 3.31. The highest BCUT2D eigenvalue weighted by molar-refractivity contribution is 6.12. The van der Waals surface area contributed by atoms with Gasteiger partial charge >= 0.3 is 0 Å². The molecule has 4 heteroatoms. The zero-order valence-corrected chi connectivity index (χ0v) is 11.6. The van der Waals surface area contributed by atoms with Gasteiger partial charge in [-0.1, -0.05) is 41.6 Å². The molecule has 0 saturated carbocycles.